The van der Waals surface area contributed by atoms with Crippen LogP contribution in [0.25, 0.3) is 6.08 Å². The van der Waals surface area contributed by atoms with Crippen molar-refractivity contribution in [1.29, 1.82) is 0 Å². The topological polar surface area (TPSA) is 59.4 Å². The SMILES string of the molecule is COC(=O)CC=Cc1cccc(CO)n1. The fraction of sp³-hybridized carbons (Fsp3) is 0.273. The van der Waals surface area contributed by atoms with Crippen LogP contribution in [0.4, 0.5) is 0 Å². The molecule has 0 saturated carbocycles. The first-order chi connectivity index (χ1) is 7.26. The number of rotatable bonds is 4. The highest BCUT2D eigenvalue weighted by molar-refractivity contribution is 5.72. The van der Waals surface area contributed by atoms with Gasteiger partial charge in [0.05, 0.1) is 31.5 Å². The van der Waals surface area contributed by atoms with Gasteiger partial charge >= 0.3 is 5.97 Å². The smallest absolute Gasteiger partial charge is 0.309 e. The fourth-order valence-electron chi connectivity index (χ4n) is 1.04. The monoisotopic (exact) mass is 207 g/mol. The van der Waals surface area contributed by atoms with Gasteiger partial charge in [-0.1, -0.05) is 12.1 Å². The Bertz CT molecular complexity index is 361. The van der Waals surface area contributed by atoms with Gasteiger partial charge in [0, 0.05) is 0 Å². The highest BCUT2D eigenvalue weighted by Crippen LogP contribution is 2.02. The lowest BCUT2D eigenvalue weighted by atomic mass is 10.2. The molecular weight excluding hydrogens is 194 g/mol. The number of methoxy groups -OCH3 is 1. The first kappa shape index (κ1) is 11.4. The molecular formula is C11H13NO3. The molecule has 0 fully saturated rings. The summed E-state index contributed by atoms with van der Waals surface area (Å²) in [5, 5.41) is 8.85. The molecule has 1 heterocycles. The van der Waals surface area contributed by atoms with Crippen LogP contribution in [-0.4, -0.2) is 23.2 Å². The van der Waals surface area contributed by atoms with Crippen LogP contribution >= 0.6 is 0 Å². The van der Waals surface area contributed by atoms with E-state index >= 15 is 0 Å². The molecule has 80 valence electrons. The van der Waals surface area contributed by atoms with E-state index in [2.05, 4.69) is 9.72 Å². The number of hydrogen-bond acceptors (Lipinski definition) is 4. The van der Waals surface area contributed by atoms with Gasteiger partial charge in [0.25, 0.3) is 0 Å². The van der Waals surface area contributed by atoms with Crippen LogP contribution in [0, 0.1) is 0 Å². The van der Waals surface area contributed by atoms with Crippen LogP contribution in [-0.2, 0) is 16.1 Å². The van der Waals surface area contributed by atoms with Gasteiger partial charge in [-0.2, -0.15) is 0 Å². The summed E-state index contributed by atoms with van der Waals surface area (Å²) in [6.07, 6.45) is 3.62. The number of carbonyl (C=O) groups is 1. The molecule has 0 spiro atoms. The number of aromatic nitrogens is 1. The number of nitrogens with zero attached hydrogens (tertiary/aromatic N) is 1. The quantitative estimate of drug-likeness (QED) is 0.752. The maximum atomic E-state index is 10.8. The Labute approximate surface area is 88.2 Å². The average Bonchev–Trinajstić information content (AvgIpc) is 2.29. The van der Waals surface area contributed by atoms with Crippen molar-refractivity contribution in [3.8, 4) is 0 Å². The lowest BCUT2D eigenvalue weighted by Gasteiger charge is -1.97. The van der Waals surface area contributed by atoms with Gasteiger partial charge in [-0.3, -0.25) is 9.78 Å². The zero-order valence-corrected chi connectivity index (χ0v) is 8.51. The van der Waals surface area contributed by atoms with Gasteiger partial charge < -0.3 is 9.84 Å². The van der Waals surface area contributed by atoms with Gasteiger partial charge in [-0.05, 0) is 18.2 Å². The minimum Gasteiger partial charge on any atom is -0.469 e. The molecule has 0 aliphatic rings. The second-order valence-corrected chi connectivity index (χ2v) is 2.89. The van der Waals surface area contributed by atoms with Gasteiger partial charge in [0.15, 0.2) is 0 Å². The van der Waals surface area contributed by atoms with Crippen molar-refractivity contribution in [2.24, 2.45) is 0 Å². The Morgan fingerprint density at radius 1 is 1.60 bits per heavy atom. The van der Waals surface area contributed by atoms with Gasteiger partial charge in [0.2, 0.25) is 0 Å². The first-order valence-corrected chi connectivity index (χ1v) is 4.56. The van der Waals surface area contributed by atoms with Crippen LogP contribution in [0.1, 0.15) is 17.8 Å². The molecule has 1 aromatic heterocycles. The molecule has 0 unspecified atom stereocenters. The Kier molecular flexibility index (Phi) is 4.50. The third-order valence-corrected chi connectivity index (χ3v) is 1.79. The lowest BCUT2D eigenvalue weighted by molar-refractivity contribution is -0.139. The van der Waals surface area contributed by atoms with Crippen LogP contribution in [0.5, 0.6) is 0 Å². The van der Waals surface area contributed by atoms with Crippen LogP contribution in [0.3, 0.4) is 0 Å². The molecule has 0 bridgehead atoms. The van der Waals surface area contributed by atoms with Crippen molar-refractivity contribution in [2.45, 2.75) is 13.0 Å². The van der Waals surface area contributed by atoms with Crippen LogP contribution in [0.2, 0.25) is 0 Å². The summed E-state index contributed by atoms with van der Waals surface area (Å²) in [5.74, 6) is -0.287. The van der Waals surface area contributed by atoms with Crippen molar-refractivity contribution >= 4 is 12.0 Å². The molecule has 4 nitrogen and oxygen atoms in total. The molecule has 1 rings (SSSR count). The number of hydrogen-bond donors (Lipinski definition) is 1. The highest BCUT2D eigenvalue weighted by Gasteiger charge is 1.95. The number of aliphatic hydroxyl groups is 1. The Morgan fingerprint density at radius 3 is 3.07 bits per heavy atom. The first-order valence-electron chi connectivity index (χ1n) is 4.56. The zero-order chi connectivity index (χ0) is 11.1. The predicted octanol–water partition coefficient (Wildman–Crippen LogP) is 1.15. The van der Waals surface area contributed by atoms with E-state index in [9.17, 15) is 4.79 Å². The molecule has 0 amide bonds. The lowest BCUT2D eigenvalue weighted by Crippen LogP contribution is -1.96. The summed E-state index contributed by atoms with van der Waals surface area (Å²) < 4.78 is 4.48. The summed E-state index contributed by atoms with van der Waals surface area (Å²) in [6, 6.07) is 5.33. The second kappa shape index (κ2) is 5.93. The molecule has 15 heavy (non-hydrogen) atoms. The molecule has 0 aromatic carbocycles. The average molecular weight is 207 g/mol. The highest BCUT2D eigenvalue weighted by atomic mass is 16.5. The van der Waals surface area contributed by atoms with E-state index in [4.69, 9.17) is 5.11 Å². The Hall–Kier alpha value is -1.68. The number of aliphatic hydroxyl groups excluding tert-OH is 1. The summed E-state index contributed by atoms with van der Waals surface area (Å²) >= 11 is 0. The number of esters is 1. The molecule has 0 aliphatic heterocycles. The molecule has 1 N–H and O–H groups in total. The zero-order valence-electron chi connectivity index (χ0n) is 8.51. The molecule has 0 atom stereocenters. The van der Waals surface area contributed by atoms with Crippen molar-refractivity contribution in [3.63, 3.8) is 0 Å². The number of ether oxygens (including phenoxy) is 1. The van der Waals surface area contributed by atoms with Gasteiger partial charge in [-0.25, -0.2) is 0 Å². The normalized spacial score (nSPS) is 10.5. The third-order valence-electron chi connectivity index (χ3n) is 1.79. The second-order valence-electron chi connectivity index (χ2n) is 2.89. The molecule has 1 aromatic rings. The minimum absolute atomic E-state index is 0.0846. The summed E-state index contributed by atoms with van der Waals surface area (Å²) in [5.41, 5.74) is 1.32. The van der Waals surface area contributed by atoms with E-state index in [1.165, 1.54) is 7.11 Å². The third kappa shape index (κ3) is 3.91. The predicted molar refractivity (Wildman–Crippen MR) is 55.8 cm³/mol. The molecule has 0 radical (unpaired) electrons. The van der Waals surface area contributed by atoms with Crippen molar-refractivity contribution in [2.75, 3.05) is 7.11 Å². The Morgan fingerprint density at radius 2 is 2.40 bits per heavy atom. The maximum absolute atomic E-state index is 10.8. The van der Waals surface area contributed by atoms with E-state index in [0.717, 1.165) is 0 Å². The van der Waals surface area contributed by atoms with Crippen molar-refractivity contribution < 1.29 is 14.6 Å². The fourth-order valence-corrected chi connectivity index (χ4v) is 1.04. The largest absolute Gasteiger partial charge is 0.469 e. The summed E-state index contributed by atoms with van der Waals surface area (Å²) in [4.78, 5) is 14.9. The van der Waals surface area contributed by atoms with E-state index in [1.807, 2.05) is 0 Å². The molecule has 0 saturated heterocycles. The van der Waals surface area contributed by atoms with Crippen LogP contribution in [0.15, 0.2) is 24.3 Å². The maximum Gasteiger partial charge on any atom is 0.309 e. The van der Waals surface area contributed by atoms with Crippen molar-refractivity contribution in [1.82, 2.24) is 4.98 Å². The summed E-state index contributed by atoms with van der Waals surface area (Å²) in [7, 11) is 1.35. The molecule has 0 aliphatic carbocycles. The van der Waals surface area contributed by atoms with E-state index < -0.39 is 0 Å². The van der Waals surface area contributed by atoms with E-state index in [-0.39, 0.29) is 19.0 Å². The van der Waals surface area contributed by atoms with E-state index in [1.54, 1.807) is 30.4 Å². The summed E-state index contributed by atoms with van der Waals surface area (Å²) in [6.45, 7) is -0.0846. The van der Waals surface area contributed by atoms with Crippen molar-refractivity contribution in [3.05, 3.63) is 35.7 Å². The minimum atomic E-state index is -0.287. The van der Waals surface area contributed by atoms with E-state index in [0.29, 0.717) is 11.4 Å². The van der Waals surface area contributed by atoms with Gasteiger partial charge in [-0.15, -0.1) is 0 Å². The molecule has 4 heteroatoms. The Balaban J connectivity index is 2.59. The van der Waals surface area contributed by atoms with Crippen LogP contribution < -0.4 is 0 Å². The number of carbonyl (C=O) groups excluding carboxylic acids is 1. The van der Waals surface area contributed by atoms with Gasteiger partial charge in [0.1, 0.15) is 0 Å². The number of pyridine rings is 1. The standard InChI is InChI=1S/C11H13NO3/c1-15-11(14)7-3-5-9-4-2-6-10(8-13)12-9/h2-6,13H,7-8H2,1H3.